The van der Waals surface area contributed by atoms with E-state index in [4.69, 9.17) is 4.74 Å². The minimum Gasteiger partial charge on any atom is -0.382 e. The first kappa shape index (κ1) is 12.2. The third-order valence-corrected chi connectivity index (χ3v) is 3.52. The Hall–Kier alpha value is -1.81. The van der Waals surface area contributed by atoms with E-state index in [2.05, 4.69) is 39.8 Å². The van der Waals surface area contributed by atoms with Crippen LogP contribution in [0.15, 0.2) is 36.5 Å². The Labute approximate surface area is 113 Å². The summed E-state index contributed by atoms with van der Waals surface area (Å²) in [5.74, 6) is 0. The smallest absolute Gasteiger partial charge is 0.0650 e. The second kappa shape index (κ2) is 5.89. The molecule has 0 amide bonds. The fraction of sp³-hybridized carbons (Fsp3) is 0.400. The van der Waals surface area contributed by atoms with Gasteiger partial charge < -0.3 is 10.1 Å². The molecular formula is C15H19N3O. The lowest BCUT2D eigenvalue weighted by molar-refractivity contribution is 0.144. The number of hydrogen-bond acceptors (Lipinski definition) is 3. The second-order valence-electron chi connectivity index (χ2n) is 4.93. The molecule has 1 unspecified atom stereocenters. The number of aromatic nitrogens is 2. The van der Waals surface area contributed by atoms with Gasteiger partial charge in [-0.3, -0.25) is 5.10 Å². The quantitative estimate of drug-likeness (QED) is 0.888. The topological polar surface area (TPSA) is 49.9 Å². The van der Waals surface area contributed by atoms with Gasteiger partial charge in [0, 0.05) is 31.1 Å². The molecule has 1 aliphatic heterocycles. The minimum atomic E-state index is 0.528. The third-order valence-electron chi connectivity index (χ3n) is 3.52. The van der Waals surface area contributed by atoms with Crippen molar-refractivity contribution in [2.75, 3.05) is 18.5 Å². The van der Waals surface area contributed by atoms with Crippen LogP contribution in [0.5, 0.6) is 0 Å². The Kier molecular flexibility index (Phi) is 3.79. The van der Waals surface area contributed by atoms with Gasteiger partial charge in [-0.25, -0.2) is 0 Å². The first-order chi connectivity index (χ1) is 9.42. The predicted molar refractivity (Wildman–Crippen MR) is 76.1 cm³/mol. The normalized spacial score (nSPS) is 19.9. The maximum absolute atomic E-state index is 5.48. The Morgan fingerprint density at radius 3 is 2.79 bits per heavy atom. The highest BCUT2D eigenvalue weighted by Gasteiger charge is 2.11. The fourth-order valence-corrected chi connectivity index (χ4v) is 2.45. The summed E-state index contributed by atoms with van der Waals surface area (Å²) in [6, 6.07) is 11.0. The van der Waals surface area contributed by atoms with Gasteiger partial charge in [0.2, 0.25) is 0 Å². The lowest BCUT2D eigenvalue weighted by Crippen LogP contribution is -2.19. The molecule has 1 fully saturated rings. The molecule has 0 saturated carbocycles. The first-order valence-corrected chi connectivity index (χ1v) is 6.86. The summed E-state index contributed by atoms with van der Waals surface area (Å²) < 4.78 is 5.48. The minimum absolute atomic E-state index is 0.528. The summed E-state index contributed by atoms with van der Waals surface area (Å²) >= 11 is 0. The number of H-pyrrole nitrogens is 1. The molecule has 1 aliphatic rings. The molecule has 1 aromatic heterocycles. The first-order valence-electron chi connectivity index (χ1n) is 6.86. The molecule has 4 heteroatoms. The standard InChI is InChI=1S/C15H19N3O/c1-2-13(8-11-19-10-1)17-14-5-3-12(4-6-14)15-7-9-16-18-15/h3-7,9,13,17H,1-2,8,10-11H2,(H,16,18). The average Bonchev–Trinajstić information content (AvgIpc) is 2.86. The van der Waals surface area contributed by atoms with E-state index in [9.17, 15) is 0 Å². The van der Waals surface area contributed by atoms with E-state index in [0.717, 1.165) is 37.3 Å². The summed E-state index contributed by atoms with van der Waals surface area (Å²) in [6.45, 7) is 1.76. The Morgan fingerprint density at radius 1 is 1.11 bits per heavy atom. The van der Waals surface area contributed by atoms with Gasteiger partial charge in [-0.1, -0.05) is 12.1 Å². The van der Waals surface area contributed by atoms with Crippen molar-refractivity contribution in [2.45, 2.75) is 25.3 Å². The van der Waals surface area contributed by atoms with Gasteiger partial charge in [0.05, 0.1) is 5.69 Å². The van der Waals surface area contributed by atoms with Gasteiger partial charge in [0.25, 0.3) is 0 Å². The second-order valence-corrected chi connectivity index (χ2v) is 4.93. The summed E-state index contributed by atoms with van der Waals surface area (Å²) in [7, 11) is 0. The maximum atomic E-state index is 5.48. The van der Waals surface area contributed by atoms with E-state index >= 15 is 0 Å². The predicted octanol–water partition coefficient (Wildman–Crippen LogP) is 3.06. The number of nitrogens with zero attached hydrogens (tertiary/aromatic N) is 1. The number of aromatic amines is 1. The van der Waals surface area contributed by atoms with Crippen LogP contribution in [0.4, 0.5) is 5.69 Å². The largest absolute Gasteiger partial charge is 0.382 e. The van der Waals surface area contributed by atoms with Crippen molar-refractivity contribution >= 4 is 5.69 Å². The van der Waals surface area contributed by atoms with Crippen LogP contribution >= 0.6 is 0 Å². The molecule has 2 heterocycles. The number of rotatable bonds is 3. The van der Waals surface area contributed by atoms with Crippen LogP contribution in [-0.4, -0.2) is 29.5 Å². The number of anilines is 1. The molecule has 1 atom stereocenters. The van der Waals surface area contributed by atoms with Crippen LogP contribution in [0.1, 0.15) is 19.3 Å². The zero-order chi connectivity index (χ0) is 12.9. The van der Waals surface area contributed by atoms with Crippen molar-refractivity contribution in [3.63, 3.8) is 0 Å². The van der Waals surface area contributed by atoms with Crippen molar-refractivity contribution in [3.8, 4) is 11.3 Å². The molecule has 2 aromatic rings. The number of hydrogen-bond donors (Lipinski definition) is 2. The Bertz CT molecular complexity index is 485. The molecule has 4 nitrogen and oxygen atoms in total. The monoisotopic (exact) mass is 257 g/mol. The summed E-state index contributed by atoms with van der Waals surface area (Å²) in [5.41, 5.74) is 3.39. The van der Waals surface area contributed by atoms with E-state index in [-0.39, 0.29) is 0 Å². The molecule has 0 spiro atoms. The average molecular weight is 257 g/mol. The Balaban J connectivity index is 1.65. The van der Waals surface area contributed by atoms with Gasteiger partial charge in [-0.2, -0.15) is 5.10 Å². The molecule has 3 rings (SSSR count). The molecular weight excluding hydrogens is 238 g/mol. The zero-order valence-electron chi connectivity index (χ0n) is 10.9. The number of benzene rings is 1. The van der Waals surface area contributed by atoms with E-state index in [1.54, 1.807) is 6.20 Å². The van der Waals surface area contributed by atoms with Crippen LogP contribution < -0.4 is 5.32 Å². The van der Waals surface area contributed by atoms with Crippen molar-refractivity contribution in [2.24, 2.45) is 0 Å². The molecule has 19 heavy (non-hydrogen) atoms. The van der Waals surface area contributed by atoms with E-state index < -0.39 is 0 Å². The van der Waals surface area contributed by atoms with Crippen molar-refractivity contribution in [1.29, 1.82) is 0 Å². The fourth-order valence-electron chi connectivity index (χ4n) is 2.45. The van der Waals surface area contributed by atoms with E-state index in [1.165, 1.54) is 12.1 Å². The summed E-state index contributed by atoms with van der Waals surface area (Å²) in [4.78, 5) is 0. The lowest BCUT2D eigenvalue weighted by atomic mass is 10.1. The number of nitrogens with one attached hydrogen (secondary N) is 2. The SMILES string of the molecule is c1cc(-c2ccc(NC3CCCOCC3)cc2)[nH]n1. The van der Waals surface area contributed by atoms with Crippen LogP contribution in [0.3, 0.4) is 0 Å². The van der Waals surface area contributed by atoms with Crippen molar-refractivity contribution in [3.05, 3.63) is 36.5 Å². The number of ether oxygens (including phenoxy) is 1. The lowest BCUT2D eigenvalue weighted by Gasteiger charge is -2.17. The van der Waals surface area contributed by atoms with Crippen LogP contribution in [0.25, 0.3) is 11.3 Å². The molecule has 0 bridgehead atoms. The zero-order valence-corrected chi connectivity index (χ0v) is 10.9. The van der Waals surface area contributed by atoms with Crippen LogP contribution in [0.2, 0.25) is 0 Å². The molecule has 0 radical (unpaired) electrons. The van der Waals surface area contributed by atoms with Gasteiger partial charge in [0.1, 0.15) is 0 Å². The molecule has 1 aromatic carbocycles. The molecule has 0 aliphatic carbocycles. The molecule has 100 valence electrons. The third kappa shape index (κ3) is 3.15. The van der Waals surface area contributed by atoms with E-state index in [0.29, 0.717) is 6.04 Å². The van der Waals surface area contributed by atoms with Gasteiger partial charge in [0.15, 0.2) is 0 Å². The molecule has 2 N–H and O–H groups in total. The molecule has 1 saturated heterocycles. The van der Waals surface area contributed by atoms with Crippen LogP contribution in [0, 0.1) is 0 Å². The van der Waals surface area contributed by atoms with E-state index in [1.807, 2.05) is 6.07 Å². The summed E-state index contributed by atoms with van der Waals surface area (Å²) in [6.07, 6.45) is 5.18. The highest BCUT2D eigenvalue weighted by molar-refractivity contribution is 5.62. The maximum Gasteiger partial charge on any atom is 0.0650 e. The highest BCUT2D eigenvalue weighted by atomic mass is 16.5. The Morgan fingerprint density at radius 2 is 2.00 bits per heavy atom. The van der Waals surface area contributed by atoms with Gasteiger partial charge >= 0.3 is 0 Å². The summed E-state index contributed by atoms with van der Waals surface area (Å²) in [5, 5.41) is 10.5. The van der Waals surface area contributed by atoms with Crippen molar-refractivity contribution in [1.82, 2.24) is 10.2 Å². The van der Waals surface area contributed by atoms with Crippen LogP contribution in [-0.2, 0) is 4.74 Å². The van der Waals surface area contributed by atoms with Gasteiger partial charge in [-0.05, 0) is 43.0 Å². The highest BCUT2D eigenvalue weighted by Crippen LogP contribution is 2.21. The van der Waals surface area contributed by atoms with Gasteiger partial charge in [-0.15, -0.1) is 0 Å². The van der Waals surface area contributed by atoms with Crippen molar-refractivity contribution < 1.29 is 4.74 Å².